The number of fused-ring (bicyclic) bond motifs is 2. The summed E-state index contributed by atoms with van der Waals surface area (Å²) in [5, 5.41) is 10.0. The van der Waals surface area contributed by atoms with Gasteiger partial charge < -0.3 is 24.4 Å². The molecule has 1 spiro atoms. The summed E-state index contributed by atoms with van der Waals surface area (Å²) in [6, 6.07) is -1.49. The van der Waals surface area contributed by atoms with E-state index in [4.69, 9.17) is 9.47 Å². The van der Waals surface area contributed by atoms with Crippen LogP contribution in [0.25, 0.3) is 0 Å². The minimum Gasteiger partial charge on any atom is -0.465 e. The van der Waals surface area contributed by atoms with Gasteiger partial charge in [0.25, 0.3) is 0 Å². The summed E-state index contributed by atoms with van der Waals surface area (Å²) in [7, 11) is 0. The highest BCUT2D eigenvalue weighted by molar-refractivity contribution is 5.99. The lowest BCUT2D eigenvalue weighted by molar-refractivity contribution is -0.157. The van der Waals surface area contributed by atoms with E-state index in [2.05, 4.69) is 0 Å². The van der Waals surface area contributed by atoms with Crippen LogP contribution >= 0.6 is 0 Å². The summed E-state index contributed by atoms with van der Waals surface area (Å²) in [5.41, 5.74) is -1.75. The molecule has 0 radical (unpaired) electrons. The molecule has 8 heteroatoms. The van der Waals surface area contributed by atoms with Crippen molar-refractivity contribution in [2.45, 2.75) is 69.9 Å². The van der Waals surface area contributed by atoms with Crippen LogP contribution in [0.4, 0.5) is 0 Å². The lowest BCUT2D eigenvalue weighted by Crippen LogP contribution is -2.60. The van der Waals surface area contributed by atoms with Gasteiger partial charge in [-0.15, -0.1) is 0 Å². The Morgan fingerprint density at radius 1 is 1.23 bits per heavy atom. The summed E-state index contributed by atoms with van der Waals surface area (Å²) in [4.78, 5) is 43.9. The van der Waals surface area contributed by atoms with Crippen molar-refractivity contribution in [3.05, 3.63) is 24.3 Å². The first kappa shape index (κ1) is 22.0. The number of likely N-dealkylation sites (tertiary alicyclic amines) is 1. The third kappa shape index (κ3) is 3.22. The monoisotopic (exact) mass is 432 g/mol. The maximum atomic E-state index is 13.9. The molecule has 0 aromatic rings. The maximum Gasteiger partial charge on any atom is 0.312 e. The molecule has 8 nitrogen and oxygen atoms in total. The number of hydrogen-bond donors (Lipinski definition) is 1. The van der Waals surface area contributed by atoms with E-state index in [1.54, 1.807) is 11.0 Å². The average Bonchev–Trinajstić information content (AvgIpc) is 3.06. The van der Waals surface area contributed by atoms with E-state index < -0.39 is 47.1 Å². The predicted octanol–water partition coefficient (Wildman–Crippen LogP) is 1.04. The summed E-state index contributed by atoms with van der Waals surface area (Å²) < 4.78 is 11.9. The normalized spacial score (nSPS) is 36.4. The number of cyclic esters (lactones) is 1. The second-order valence-electron chi connectivity index (χ2n) is 9.74. The second-order valence-corrected chi connectivity index (χ2v) is 9.74. The fourth-order valence-electron chi connectivity index (χ4n) is 5.46. The number of amides is 2. The zero-order chi connectivity index (χ0) is 22.6. The molecule has 6 atom stereocenters. The van der Waals surface area contributed by atoms with Crippen molar-refractivity contribution in [3.63, 3.8) is 0 Å². The molecule has 0 aromatic heterocycles. The van der Waals surface area contributed by atoms with Gasteiger partial charge >= 0.3 is 5.97 Å². The molecule has 2 fully saturated rings. The molecule has 2 saturated heterocycles. The fourth-order valence-corrected chi connectivity index (χ4v) is 5.46. The van der Waals surface area contributed by atoms with E-state index in [0.717, 1.165) is 0 Å². The number of rotatable bonds is 3. The van der Waals surface area contributed by atoms with Crippen molar-refractivity contribution in [2.24, 2.45) is 11.8 Å². The van der Waals surface area contributed by atoms with Crippen molar-refractivity contribution in [3.8, 4) is 0 Å². The smallest absolute Gasteiger partial charge is 0.312 e. The van der Waals surface area contributed by atoms with Gasteiger partial charge in [0.2, 0.25) is 11.8 Å². The summed E-state index contributed by atoms with van der Waals surface area (Å²) in [6.45, 7) is 8.06. The molecule has 170 valence electrons. The first-order valence-corrected chi connectivity index (χ1v) is 11.1. The van der Waals surface area contributed by atoms with E-state index >= 15 is 0 Å². The molecule has 1 N–H and O–H groups in total. The number of hydrogen-bond acceptors (Lipinski definition) is 6. The first-order chi connectivity index (χ1) is 14.7. The first-order valence-electron chi connectivity index (χ1n) is 11.1. The van der Waals surface area contributed by atoms with E-state index in [-0.39, 0.29) is 25.0 Å². The molecule has 4 aliphatic heterocycles. The zero-order valence-corrected chi connectivity index (χ0v) is 18.6. The minimum absolute atomic E-state index is 0.230. The third-order valence-corrected chi connectivity index (χ3v) is 6.94. The highest BCUT2D eigenvalue weighted by Crippen LogP contribution is 2.54. The lowest BCUT2D eigenvalue weighted by Gasteiger charge is -2.42. The average molecular weight is 433 g/mol. The van der Waals surface area contributed by atoms with Gasteiger partial charge in [-0.3, -0.25) is 14.4 Å². The van der Waals surface area contributed by atoms with Crippen LogP contribution < -0.4 is 0 Å². The van der Waals surface area contributed by atoms with Crippen LogP contribution in [0.5, 0.6) is 0 Å². The van der Waals surface area contributed by atoms with Crippen molar-refractivity contribution in [2.75, 3.05) is 19.8 Å². The van der Waals surface area contributed by atoms with Gasteiger partial charge in [0, 0.05) is 12.1 Å². The third-order valence-electron chi connectivity index (χ3n) is 6.94. The Morgan fingerprint density at radius 2 is 1.97 bits per heavy atom. The highest BCUT2D eigenvalue weighted by atomic mass is 16.6. The molecule has 4 rings (SSSR count). The molecule has 0 aromatic carbocycles. The molecule has 0 bridgehead atoms. The maximum absolute atomic E-state index is 13.9. The molecular formula is C23H32N2O6. The van der Waals surface area contributed by atoms with Crippen LogP contribution in [0.1, 0.15) is 40.5 Å². The van der Waals surface area contributed by atoms with Crippen molar-refractivity contribution in [1.29, 1.82) is 0 Å². The van der Waals surface area contributed by atoms with Gasteiger partial charge in [0.1, 0.15) is 17.6 Å². The van der Waals surface area contributed by atoms with Crippen LogP contribution in [-0.4, -0.2) is 81.8 Å². The van der Waals surface area contributed by atoms with Crippen molar-refractivity contribution in [1.82, 2.24) is 9.80 Å². The number of nitrogens with zero attached hydrogens (tertiary/aromatic N) is 2. The Bertz CT molecular complexity index is 826. The number of aliphatic hydroxyl groups is 1. The highest BCUT2D eigenvalue weighted by Gasteiger charge is 2.72. The molecule has 2 amide bonds. The number of aliphatic hydroxyl groups excluding tert-OH is 1. The number of carbonyl (C=O) groups is 3. The molecule has 4 aliphatic rings. The predicted molar refractivity (Wildman–Crippen MR) is 112 cm³/mol. The van der Waals surface area contributed by atoms with E-state index in [0.29, 0.717) is 19.4 Å². The second kappa shape index (κ2) is 7.74. The Labute approximate surface area is 182 Å². The van der Waals surface area contributed by atoms with Gasteiger partial charge in [-0.25, -0.2) is 0 Å². The van der Waals surface area contributed by atoms with E-state index in [1.165, 1.54) is 4.90 Å². The molecule has 0 aliphatic carbocycles. The SMILES string of the molecule is CC[C@@H](CO)N1C(=O)[C@@H]2[C@H]3C(=O)OCCC=C[C@H]3O[C@@]23C=CCN(C(C)(C)C)C(=O)C13. The summed E-state index contributed by atoms with van der Waals surface area (Å²) >= 11 is 0. The number of esters is 1. The van der Waals surface area contributed by atoms with Gasteiger partial charge in [0.15, 0.2) is 0 Å². The Kier molecular flexibility index (Phi) is 5.50. The number of ether oxygens (including phenoxy) is 2. The molecule has 1 unspecified atom stereocenters. The van der Waals surface area contributed by atoms with E-state index in [1.807, 2.05) is 45.9 Å². The topological polar surface area (TPSA) is 96.4 Å². The molecule has 31 heavy (non-hydrogen) atoms. The Morgan fingerprint density at radius 3 is 2.61 bits per heavy atom. The lowest BCUT2D eigenvalue weighted by atomic mass is 9.77. The van der Waals surface area contributed by atoms with Crippen molar-refractivity contribution < 1.29 is 29.0 Å². The summed E-state index contributed by atoms with van der Waals surface area (Å²) in [6.07, 6.45) is 7.80. The van der Waals surface area contributed by atoms with Gasteiger partial charge in [-0.05, 0) is 33.6 Å². The van der Waals surface area contributed by atoms with Crippen molar-refractivity contribution >= 4 is 17.8 Å². The summed E-state index contributed by atoms with van der Waals surface area (Å²) in [5.74, 6) is -2.74. The van der Waals surface area contributed by atoms with Gasteiger partial charge in [0.05, 0.1) is 31.3 Å². The van der Waals surface area contributed by atoms with Gasteiger partial charge in [-0.2, -0.15) is 0 Å². The van der Waals surface area contributed by atoms with E-state index in [9.17, 15) is 19.5 Å². The number of carbonyl (C=O) groups excluding carboxylic acids is 3. The molecule has 4 heterocycles. The van der Waals surface area contributed by atoms with Crippen LogP contribution in [0.15, 0.2) is 24.3 Å². The largest absolute Gasteiger partial charge is 0.465 e. The van der Waals surface area contributed by atoms with Crippen LogP contribution in [0.3, 0.4) is 0 Å². The standard InChI is InChI=1S/C23H32N2O6/c1-5-14(13-26)25-18-20(28)24(22(2,3)4)11-8-10-23(18)17(19(25)27)16-15(31-23)9-6-7-12-30-21(16)29/h6,8-10,14-18,26H,5,7,11-13H2,1-4H3/t14-,15+,16-,17-,18?,23-/m0/s1. The molecular weight excluding hydrogens is 400 g/mol. The molecule has 0 saturated carbocycles. The zero-order valence-electron chi connectivity index (χ0n) is 18.6. The Balaban J connectivity index is 1.88. The van der Waals surface area contributed by atoms with Gasteiger partial charge in [-0.1, -0.05) is 31.2 Å². The quantitative estimate of drug-likeness (QED) is 0.529. The van der Waals surface area contributed by atoms with Crippen LogP contribution in [0, 0.1) is 11.8 Å². The fraction of sp³-hybridized carbons (Fsp3) is 0.696. The van der Waals surface area contributed by atoms with Crippen LogP contribution in [0.2, 0.25) is 0 Å². The minimum atomic E-state index is -1.28. The Hall–Kier alpha value is -2.19. The van der Waals surface area contributed by atoms with Crippen LogP contribution in [-0.2, 0) is 23.9 Å².